The van der Waals surface area contributed by atoms with Crippen LogP contribution in [0.2, 0.25) is 10.0 Å². The zero-order valence-corrected chi connectivity index (χ0v) is 15.0. The third kappa shape index (κ3) is 3.99. The Morgan fingerprint density at radius 2 is 1.71 bits per heavy atom. The molecule has 0 radical (unpaired) electrons. The molecular weight excluding hydrogens is 397 g/mol. The maximum Gasteiger partial charge on any atom is 0.244 e. The number of benzene rings is 2. The van der Waals surface area contributed by atoms with Crippen LogP contribution in [0.1, 0.15) is 5.56 Å². The highest BCUT2D eigenvalue weighted by Gasteiger charge is 2.24. The van der Waals surface area contributed by atoms with E-state index in [1.807, 2.05) is 24.3 Å². The first kappa shape index (κ1) is 16.8. The van der Waals surface area contributed by atoms with E-state index in [9.17, 15) is 8.42 Å². The molecule has 2 aromatic carbocycles. The van der Waals surface area contributed by atoms with Gasteiger partial charge in [0.25, 0.3) is 0 Å². The van der Waals surface area contributed by atoms with Crippen LogP contribution in [0.15, 0.2) is 51.8 Å². The van der Waals surface area contributed by atoms with E-state index in [0.29, 0.717) is 5.02 Å². The Morgan fingerprint density at radius 1 is 1.10 bits per heavy atom. The SMILES string of the molecule is CN(Cc1ccc(Br)cc1)S(=O)(=O)c1cc(Cl)ccc1Cl. The molecule has 0 heterocycles. The van der Waals surface area contributed by atoms with Gasteiger partial charge in [-0.3, -0.25) is 0 Å². The van der Waals surface area contributed by atoms with Crippen LogP contribution in [0, 0.1) is 0 Å². The molecule has 0 aliphatic heterocycles. The Balaban J connectivity index is 2.30. The van der Waals surface area contributed by atoms with Gasteiger partial charge in [-0.25, -0.2) is 8.42 Å². The van der Waals surface area contributed by atoms with E-state index in [0.717, 1.165) is 10.0 Å². The first-order chi connectivity index (χ1) is 9.80. The van der Waals surface area contributed by atoms with Crippen LogP contribution >= 0.6 is 39.1 Å². The minimum Gasteiger partial charge on any atom is -0.207 e. The predicted octanol–water partition coefficient (Wildman–Crippen LogP) is 4.58. The summed E-state index contributed by atoms with van der Waals surface area (Å²) in [6, 6.07) is 11.8. The minimum atomic E-state index is -3.70. The van der Waals surface area contributed by atoms with Crippen molar-refractivity contribution >= 4 is 49.2 Å². The molecule has 112 valence electrons. The summed E-state index contributed by atoms with van der Waals surface area (Å²) in [6.07, 6.45) is 0. The Morgan fingerprint density at radius 3 is 2.33 bits per heavy atom. The molecule has 0 aliphatic carbocycles. The second kappa shape index (κ2) is 6.67. The molecule has 21 heavy (non-hydrogen) atoms. The fourth-order valence-electron chi connectivity index (χ4n) is 1.77. The molecule has 0 saturated heterocycles. The van der Waals surface area contributed by atoms with Crippen LogP contribution in [-0.2, 0) is 16.6 Å². The van der Waals surface area contributed by atoms with Gasteiger partial charge in [-0.05, 0) is 35.9 Å². The van der Waals surface area contributed by atoms with E-state index < -0.39 is 10.0 Å². The van der Waals surface area contributed by atoms with Crippen molar-refractivity contribution in [3.63, 3.8) is 0 Å². The summed E-state index contributed by atoms with van der Waals surface area (Å²) < 4.78 is 27.3. The lowest BCUT2D eigenvalue weighted by Crippen LogP contribution is -2.26. The van der Waals surface area contributed by atoms with Gasteiger partial charge in [0.2, 0.25) is 10.0 Å². The monoisotopic (exact) mass is 407 g/mol. The number of halogens is 3. The van der Waals surface area contributed by atoms with Crippen LogP contribution in [-0.4, -0.2) is 19.8 Å². The first-order valence-corrected chi connectivity index (χ1v) is 8.95. The van der Waals surface area contributed by atoms with Gasteiger partial charge in [-0.15, -0.1) is 0 Å². The largest absolute Gasteiger partial charge is 0.244 e. The van der Waals surface area contributed by atoms with Crippen LogP contribution in [0.25, 0.3) is 0 Å². The summed E-state index contributed by atoms with van der Waals surface area (Å²) in [6.45, 7) is 0.248. The van der Waals surface area contributed by atoms with Gasteiger partial charge in [0.1, 0.15) is 4.90 Å². The summed E-state index contributed by atoms with van der Waals surface area (Å²) >= 11 is 15.2. The topological polar surface area (TPSA) is 37.4 Å². The van der Waals surface area contributed by atoms with Crippen molar-refractivity contribution in [2.45, 2.75) is 11.4 Å². The van der Waals surface area contributed by atoms with Gasteiger partial charge >= 0.3 is 0 Å². The van der Waals surface area contributed by atoms with Crippen molar-refractivity contribution in [3.05, 3.63) is 62.5 Å². The van der Waals surface area contributed by atoms with Crippen molar-refractivity contribution in [2.24, 2.45) is 0 Å². The molecule has 0 saturated carbocycles. The lowest BCUT2D eigenvalue weighted by Gasteiger charge is -2.18. The van der Waals surface area contributed by atoms with E-state index in [4.69, 9.17) is 23.2 Å². The summed E-state index contributed by atoms with van der Waals surface area (Å²) in [4.78, 5) is 0.0104. The average Bonchev–Trinajstić information content (AvgIpc) is 2.43. The molecule has 3 nitrogen and oxygen atoms in total. The summed E-state index contributed by atoms with van der Waals surface area (Å²) in [5.74, 6) is 0. The Labute approximate surface area is 142 Å². The number of hydrogen-bond acceptors (Lipinski definition) is 2. The number of sulfonamides is 1. The van der Waals surface area contributed by atoms with Gasteiger partial charge in [-0.2, -0.15) is 4.31 Å². The molecule has 2 aromatic rings. The van der Waals surface area contributed by atoms with Gasteiger partial charge < -0.3 is 0 Å². The van der Waals surface area contributed by atoms with Crippen LogP contribution in [0.3, 0.4) is 0 Å². The molecule has 0 unspecified atom stereocenters. The van der Waals surface area contributed by atoms with Gasteiger partial charge in [0.15, 0.2) is 0 Å². The summed E-state index contributed by atoms with van der Waals surface area (Å²) in [5.41, 5.74) is 0.877. The minimum absolute atomic E-state index is 0.0104. The van der Waals surface area contributed by atoms with Crippen LogP contribution in [0.5, 0.6) is 0 Å². The van der Waals surface area contributed by atoms with Gasteiger partial charge in [-0.1, -0.05) is 51.3 Å². The van der Waals surface area contributed by atoms with E-state index in [-0.39, 0.29) is 16.5 Å². The molecule has 0 fully saturated rings. The maximum absolute atomic E-state index is 12.6. The molecule has 0 amide bonds. The normalized spacial score (nSPS) is 11.9. The quantitative estimate of drug-likeness (QED) is 0.742. The van der Waals surface area contributed by atoms with Crippen LogP contribution < -0.4 is 0 Å². The highest BCUT2D eigenvalue weighted by Crippen LogP contribution is 2.28. The average molecular weight is 409 g/mol. The standard InChI is InChI=1S/C14H12BrCl2NO2S/c1-18(9-10-2-4-11(15)5-3-10)21(19,20)14-8-12(16)6-7-13(14)17/h2-8H,9H2,1H3. The second-order valence-electron chi connectivity index (χ2n) is 4.46. The highest BCUT2D eigenvalue weighted by atomic mass is 79.9. The number of nitrogens with zero attached hydrogens (tertiary/aromatic N) is 1. The van der Waals surface area contributed by atoms with E-state index in [2.05, 4.69) is 15.9 Å². The third-order valence-corrected chi connectivity index (χ3v) is 5.95. The predicted molar refractivity (Wildman–Crippen MR) is 89.3 cm³/mol. The van der Waals surface area contributed by atoms with E-state index >= 15 is 0 Å². The number of rotatable bonds is 4. The molecule has 0 atom stereocenters. The molecule has 0 aliphatic rings. The summed E-state index contributed by atoms with van der Waals surface area (Å²) in [5, 5.41) is 0.483. The van der Waals surface area contributed by atoms with Crippen molar-refractivity contribution in [1.82, 2.24) is 4.31 Å². The zero-order valence-electron chi connectivity index (χ0n) is 11.1. The highest BCUT2D eigenvalue weighted by molar-refractivity contribution is 9.10. The molecular formula is C14H12BrCl2NO2S. The molecule has 0 aromatic heterocycles. The number of hydrogen-bond donors (Lipinski definition) is 0. The maximum atomic E-state index is 12.6. The summed E-state index contributed by atoms with van der Waals surface area (Å²) in [7, 11) is -2.19. The smallest absolute Gasteiger partial charge is 0.207 e. The lowest BCUT2D eigenvalue weighted by molar-refractivity contribution is 0.467. The lowest BCUT2D eigenvalue weighted by atomic mass is 10.2. The van der Waals surface area contributed by atoms with Crippen molar-refractivity contribution in [1.29, 1.82) is 0 Å². The van der Waals surface area contributed by atoms with Crippen LogP contribution in [0.4, 0.5) is 0 Å². The van der Waals surface area contributed by atoms with Crippen molar-refractivity contribution in [2.75, 3.05) is 7.05 Å². The first-order valence-electron chi connectivity index (χ1n) is 5.96. The van der Waals surface area contributed by atoms with Crippen molar-refractivity contribution in [3.8, 4) is 0 Å². The Hall–Kier alpha value is -0.590. The molecule has 2 rings (SSSR count). The molecule has 7 heteroatoms. The van der Waals surface area contributed by atoms with E-state index in [1.54, 1.807) is 6.07 Å². The fraction of sp³-hybridized carbons (Fsp3) is 0.143. The Bertz CT molecular complexity index is 748. The Kier molecular flexibility index (Phi) is 5.33. The van der Waals surface area contributed by atoms with Crippen molar-refractivity contribution < 1.29 is 8.42 Å². The second-order valence-corrected chi connectivity index (χ2v) is 8.23. The molecule has 0 spiro atoms. The molecule has 0 bridgehead atoms. The third-order valence-electron chi connectivity index (χ3n) is 2.90. The van der Waals surface area contributed by atoms with E-state index in [1.165, 1.54) is 23.5 Å². The van der Waals surface area contributed by atoms with Gasteiger partial charge in [0.05, 0.1) is 5.02 Å². The van der Waals surface area contributed by atoms with Gasteiger partial charge in [0, 0.05) is 23.1 Å². The zero-order chi connectivity index (χ0) is 15.6. The fourth-order valence-corrected chi connectivity index (χ4v) is 3.93. The molecule has 0 N–H and O–H groups in total.